The van der Waals surface area contributed by atoms with E-state index in [-0.39, 0.29) is 12.5 Å². The normalized spacial score (nSPS) is 19.0. The summed E-state index contributed by atoms with van der Waals surface area (Å²) in [5.74, 6) is -1.57. The Labute approximate surface area is 187 Å². The van der Waals surface area contributed by atoms with Gasteiger partial charge in [-0.1, -0.05) is 43.0 Å². The number of unbranched alkanes of at least 4 members (excludes halogenated alkanes) is 2. The molecule has 1 fully saturated rings. The van der Waals surface area contributed by atoms with Gasteiger partial charge in [0.25, 0.3) is 0 Å². The fourth-order valence-electron chi connectivity index (χ4n) is 3.19. The number of esters is 1. The second-order valence-electron chi connectivity index (χ2n) is 8.34. The zero-order valence-electron chi connectivity index (χ0n) is 17.8. The van der Waals surface area contributed by atoms with Gasteiger partial charge >= 0.3 is 12.0 Å². The molecule has 2 unspecified atom stereocenters. The summed E-state index contributed by atoms with van der Waals surface area (Å²) in [6, 6.07) is 3.04. The van der Waals surface area contributed by atoms with Gasteiger partial charge in [-0.25, -0.2) is 4.79 Å². The van der Waals surface area contributed by atoms with Crippen LogP contribution in [0.1, 0.15) is 47.0 Å². The quantitative estimate of drug-likeness (QED) is 0.466. The Morgan fingerprint density at radius 1 is 1.20 bits per heavy atom. The molecule has 1 aliphatic heterocycles. The summed E-state index contributed by atoms with van der Waals surface area (Å²) in [5.41, 5.74) is -0.274. The van der Waals surface area contributed by atoms with Gasteiger partial charge in [0.1, 0.15) is 17.6 Å². The molecule has 9 heteroatoms. The first-order valence-corrected chi connectivity index (χ1v) is 10.8. The number of nitrogens with zero attached hydrogens (tertiary/aromatic N) is 1. The highest BCUT2D eigenvalue weighted by molar-refractivity contribution is 6.42. The van der Waals surface area contributed by atoms with Crippen molar-refractivity contribution in [2.75, 3.05) is 18.4 Å². The zero-order chi connectivity index (χ0) is 22.5. The van der Waals surface area contributed by atoms with Gasteiger partial charge in [0, 0.05) is 18.8 Å². The van der Waals surface area contributed by atoms with Crippen molar-refractivity contribution in [2.45, 2.75) is 58.6 Å². The molecule has 0 bridgehead atoms. The van der Waals surface area contributed by atoms with Crippen LogP contribution in [0.15, 0.2) is 18.2 Å². The number of likely N-dealkylation sites (tertiary alicyclic amines) is 1. The molecule has 1 aromatic carbocycles. The number of anilines is 1. The molecule has 0 spiro atoms. The molecule has 1 aliphatic rings. The van der Waals surface area contributed by atoms with Crippen molar-refractivity contribution in [3.05, 3.63) is 28.2 Å². The van der Waals surface area contributed by atoms with E-state index in [0.717, 1.165) is 19.3 Å². The topological polar surface area (TPSA) is 87.7 Å². The Morgan fingerprint density at radius 2 is 1.90 bits per heavy atom. The predicted molar refractivity (Wildman–Crippen MR) is 118 cm³/mol. The van der Waals surface area contributed by atoms with Crippen LogP contribution in [0.4, 0.5) is 10.5 Å². The van der Waals surface area contributed by atoms with Gasteiger partial charge in [-0.3, -0.25) is 9.59 Å². The minimum Gasteiger partial charge on any atom is -0.460 e. The summed E-state index contributed by atoms with van der Waals surface area (Å²) < 4.78 is 5.48. The van der Waals surface area contributed by atoms with E-state index in [1.165, 1.54) is 6.07 Å². The van der Waals surface area contributed by atoms with Crippen LogP contribution in [0.5, 0.6) is 0 Å². The monoisotopic (exact) mass is 457 g/mol. The highest BCUT2D eigenvalue weighted by atomic mass is 35.5. The third-order valence-electron chi connectivity index (χ3n) is 4.60. The van der Waals surface area contributed by atoms with Crippen LogP contribution in [0.3, 0.4) is 0 Å². The largest absolute Gasteiger partial charge is 0.460 e. The summed E-state index contributed by atoms with van der Waals surface area (Å²) in [7, 11) is 0. The molecular formula is C21H29Cl2N3O4. The summed E-state index contributed by atoms with van der Waals surface area (Å²) in [5, 5.41) is 5.90. The summed E-state index contributed by atoms with van der Waals surface area (Å²) >= 11 is 11.9. The lowest BCUT2D eigenvalue weighted by Gasteiger charge is -2.24. The average Bonchev–Trinajstić information content (AvgIpc) is 2.93. The standard InChI is InChI=1S/C21H29Cl2N3O4/c1-5-6-7-10-26-12-14(19(28)30-21(2,3)4)17(18(26)27)25-20(29)24-13-8-9-15(22)16(23)11-13/h8-9,11,14,17H,5-7,10,12H2,1-4H3,(H2,24,25,29). The number of carbonyl (C=O) groups excluding carboxylic acids is 3. The second-order valence-corrected chi connectivity index (χ2v) is 9.15. The van der Waals surface area contributed by atoms with E-state index in [9.17, 15) is 14.4 Å². The molecule has 7 nitrogen and oxygen atoms in total. The molecule has 0 aliphatic carbocycles. The minimum absolute atomic E-state index is 0.217. The molecule has 1 heterocycles. The molecule has 0 radical (unpaired) electrons. The van der Waals surface area contributed by atoms with Crippen LogP contribution in [0.25, 0.3) is 0 Å². The molecule has 1 aromatic rings. The minimum atomic E-state index is -0.996. The first kappa shape index (κ1) is 24.3. The number of halogens is 2. The van der Waals surface area contributed by atoms with Crippen molar-refractivity contribution in [2.24, 2.45) is 5.92 Å². The van der Waals surface area contributed by atoms with E-state index in [4.69, 9.17) is 27.9 Å². The van der Waals surface area contributed by atoms with E-state index >= 15 is 0 Å². The highest BCUT2D eigenvalue weighted by Crippen LogP contribution is 2.26. The van der Waals surface area contributed by atoms with Gasteiger partial charge in [0.15, 0.2) is 0 Å². The number of amides is 3. The van der Waals surface area contributed by atoms with E-state index in [1.54, 1.807) is 37.8 Å². The van der Waals surface area contributed by atoms with Crippen molar-refractivity contribution in [1.82, 2.24) is 10.2 Å². The SMILES string of the molecule is CCCCCN1CC(C(=O)OC(C)(C)C)C(NC(=O)Nc2ccc(Cl)c(Cl)c2)C1=O. The van der Waals surface area contributed by atoms with E-state index in [1.807, 2.05) is 0 Å². The summed E-state index contributed by atoms with van der Waals surface area (Å²) in [4.78, 5) is 39.7. The average molecular weight is 458 g/mol. The van der Waals surface area contributed by atoms with Crippen molar-refractivity contribution < 1.29 is 19.1 Å². The maximum absolute atomic E-state index is 12.9. The lowest BCUT2D eigenvalue weighted by atomic mass is 10.0. The van der Waals surface area contributed by atoms with Gasteiger partial charge in [-0.05, 0) is 45.4 Å². The Bertz CT molecular complexity index is 795. The molecule has 0 aromatic heterocycles. The van der Waals surface area contributed by atoms with E-state index in [0.29, 0.717) is 22.3 Å². The molecule has 166 valence electrons. The van der Waals surface area contributed by atoms with Crippen molar-refractivity contribution in [1.29, 1.82) is 0 Å². The highest BCUT2D eigenvalue weighted by Gasteiger charge is 2.46. The third kappa shape index (κ3) is 6.77. The van der Waals surface area contributed by atoms with Gasteiger partial charge in [0.2, 0.25) is 5.91 Å². The first-order chi connectivity index (χ1) is 14.0. The smallest absolute Gasteiger partial charge is 0.319 e. The second kappa shape index (κ2) is 10.4. The molecule has 2 rings (SSSR count). The fraction of sp³-hybridized carbons (Fsp3) is 0.571. The van der Waals surface area contributed by atoms with Crippen LogP contribution in [0.2, 0.25) is 10.0 Å². The molecule has 2 atom stereocenters. The van der Waals surface area contributed by atoms with Gasteiger partial charge in [-0.15, -0.1) is 0 Å². The Hall–Kier alpha value is -1.99. The fourth-order valence-corrected chi connectivity index (χ4v) is 3.49. The number of benzene rings is 1. The Balaban J connectivity index is 2.12. The molecule has 1 saturated heterocycles. The lowest BCUT2D eigenvalue weighted by molar-refractivity contribution is -0.160. The van der Waals surface area contributed by atoms with Crippen molar-refractivity contribution >= 4 is 46.8 Å². The van der Waals surface area contributed by atoms with Crippen LogP contribution in [0, 0.1) is 5.92 Å². The molecule has 3 amide bonds. The summed E-state index contributed by atoms with van der Waals surface area (Å²) in [6.07, 6.45) is 2.84. The molecular weight excluding hydrogens is 429 g/mol. The number of carbonyl (C=O) groups is 3. The van der Waals surface area contributed by atoms with Crippen LogP contribution >= 0.6 is 23.2 Å². The van der Waals surface area contributed by atoms with E-state index in [2.05, 4.69) is 17.6 Å². The number of nitrogens with one attached hydrogen (secondary N) is 2. The summed E-state index contributed by atoms with van der Waals surface area (Å²) in [6.45, 7) is 8.13. The van der Waals surface area contributed by atoms with Gasteiger partial charge < -0.3 is 20.3 Å². The van der Waals surface area contributed by atoms with E-state index < -0.39 is 29.6 Å². The van der Waals surface area contributed by atoms with Crippen molar-refractivity contribution in [3.8, 4) is 0 Å². The number of hydrogen-bond donors (Lipinski definition) is 2. The van der Waals surface area contributed by atoms with Gasteiger partial charge in [-0.2, -0.15) is 0 Å². The van der Waals surface area contributed by atoms with Crippen LogP contribution in [-0.4, -0.2) is 47.5 Å². The first-order valence-electron chi connectivity index (χ1n) is 10.1. The van der Waals surface area contributed by atoms with Crippen LogP contribution < -0.4 is 10.6 Å². The lowest BCUT2D eigenvalue weighted by Crippen LogP contribution is -2.48. The Kier molecular flexibility index (Phi) is 8.38. The molecule has 2 N–H and O–H groups in total. The Morgan fingerprint density at radius 3 is 2.50 bits per heavy atom. The van der Waals surface area contributed by atoms with Crippen LogP contribution in [-0.2, 0) is 14.3 Å². The molecule has 30 heavy (non-hydrogen) atoms. The molecule has 0 saturated carbocycles. The number of urea groups is 1. The third-order valence-corrected chi connectivity index (χ3v) is 5.34. The predicted octanol–water partition coefficient (Wildman–Crippen LogP) is 4.47. The van der Waals surface area contributed by atoms with Gasteiger partial charge in [0.05, 0.1) is 10.0 Å². The number of hydrogen-bond acceptors (Lipinski definition) is 4. The van der Waals surface area contributed by atoms with Crippen molar-refractivity contribution in [3.63, 3.8) is 0 Å². The maximum Gasteiger partial charge on any atom is 0.319 e. The number of rotatable bonds is 7. The number of ether oxygens (including phenoxy) is 1. The zero-order valence-corrected chi connectivity index (χ0v) is 19.3. The maximum atomic E-state index is 12.9.